The monoisotopic (exact) mass is 441 g/mol. The number of hydrogen-bond donors (Lipinski definition) is 2. The number of benzene rings is 1. The molecule has 162 valence electrons. The largest absolute Gasteiger partial charge is 0.495 e. The Morgan fingerprint density at radius 2 is 2.00 bits per heavy atom. The molecule has 2 aromatic heterocycles. The highest BCUT2D eigenvalue weighted by molar-refractivity contribution is 6.30. The molecule has 3 heterocycles. The van der Waals surface area contributed by atoms with E-state index in [0.717, 1.165) is 18.7 Å². The van der Waals surface area contributed by atoms with Crippen molar-refractivity contribution in [3.63, 3.8) is 0 Å². The molecule has 0 bridgehead atoms. The summed E-state index contributed by atoms with van der Waals surface area (Å²) in [5, 5.41) is 11.0. The molecular weight excluding hydrogens is 418 g/mol. The molecular formula is C21H24ClN7O2. The molecule has 1 fully saturated rings. The number of aryl methyl sites for hydroxylation is 1. The zero-order valence-corrected chi connectivity index (χ0v) is 18.1. The highest BCUT2D eigenvalue weighted by Crippen LogP contribution is 2.29. The normalized spacial score (nSPS) is 18.5. The molecule has 2 atom stereocenters. The minimum absolute atomic E-state index is 0.0422. The fraction of sp³-hybridized carbons (Fsp3) is 0.333. The number of ether oxygens (including phenoxy) is 1. The lowest BCUT2D eigenvalue weighted by atomic mass is 9.89. The molecule has 1 aliphatic rings. The van der Waals surface area contributed by atoms with Crippen LogP contribution in [0, 0.1) is 0 Å². The summed E-state index contributed by atoms with van der Waals surface area (Å²) in [6.45, 7) is 1.36. The summed E-state index contributed by atoms with van der Waals surface area (Å²) in [6.07, 6.45) is 4.10. The Hall–Kier alpha value is -3.33. The van der Waals surface area contributed by atoms with Crippen molar-refractivity contribution in [2.75, 3.05) is 30.4 Å². The van der Waals surface area contributed by atoms with Gasteiger partial charge in [0.1, 0.15) is 12.1 Å². The van der Waals surface area contributed by atoms with E-state index < -0.39 is 0 Å². The summed E-state index contributed by atoms with van der Waals surface area (Å²) in [5.74, 6) is 1.32. The lowest BCUT2D eigenvalue weighted by Crippen LogP contribution is -2.51. The number of nitrogens with zero attached hydrogens (tertiary/aromatic N) is 5. The zero-order valence-electron chi connectivity index (χ0n) is 17.3. The number of halogens is 1. The van der Waals surface area contributed by atoms with Crippen LogP contribution in [0.3, 0.4) is 0 Å². The number of amides is 2. The van der Waals surface area contributed by atoms with Crippen LogP contribution in [0.15, 0.2) is 48.9 Å². The third-order valence-electron chi connectivity index (χ3n) is 5.28. The van der Waals surface area contributed by atoms with Gasteiger partial charge in [0.2, 0.25) is 5.95 Å². The summed E-state index contributed by atoms with van der Waals surface area (Å²) in [5.41, 5.74) is 1.55. The van der Waals surface area contributed by atoms with Crippen LogP contribution in [0.2, 0.25) is 5.02 Å². The second-order valence-electron chi connectivity index (χ2n) is 7.39. The third kappa shape index (κ3) is 5.05. The molecule has 2 amide bonds. The van der Waals surface area contributed by atoms with Gasteiger partial charge in [-0.1, -0.05) is 11.6 Å². The van der Waals surface area contributed by atoms with Crippen LogP contribution in [0.4, 0.5) is 16.4 Å². The lowest BCUT2D eigenvalue weighted by Gasteiger charge is -2.38. The molecule has 31 heavy (non-hydrogen) atoms. The number of aromatic nitrogens is 4. The number of pyridine rings is 1. The predicted molar refractivity (Wildman–Crippen MR) is 119 cm³/mol. The number of anilines is 2. The van der Waals surface area contributed by atoms with Crippen molar-refractivity contribution in [1.82, 2.24) is 25.1 Å². The minimum atomic E-state index is -0.268. The Labute approximate surface area is 185 Å². The Bertz CT molecular complexity index is 1020. The van der Waals surface area contributed by atoms with Gasteiger partial charge in [-0.15, -0.1) is 5.10 Å². The summed E-state index contributed by atoms with van der Waals surface area (Å²) in [7, 11) is 3.45. The highest BCUT2D eigenvalue weighted by Gasteiger charge is 2.33. The van der Waals surface area contributed by atoms with Crippen molar-refractivity contribution in [2.45, 2.75) is 18.4 Å². The SMILES string of the molecule is COc1ccc(C2CN(c3ncn(C)n3)CCC2NC(=O)Nc2ccc(Cl)cc2)nc1. The third-order valence-corrected chi connectivity index (χ3v) is 5.53. The second-order valence-corrected chi connectivity index (χ2v) is 7.83. The maximum Gasteiger partial charge on any atom is 0.319 e. The van der Waals surface area contributed by atoms with Gasteiger partial charge < -0.3 is 20.3 Å². The van der Waals surface area contributed by atoms with Crippen molar-refractivity contribution in [3.8, 4) is 5.75 Å². The number of rotatable bonds is 5. The van der Waals surface area contributed by atoms with E-state index in [9.17, 15) is 4.79 Å². The molecule has 0 spiro atoms. The van der Waals surface area contributed by atoms with Gasteiger partial charge >= 0.3 is 6.03 Å². The molecule has 1 aromatic carbocycles. The maximum atomic E-state index is 12.7. The predicted octanol–water partition coefficient (Wildman–Crippen LogP) is 3.06. The fourth-order valence-electron chi connectivity index (χ4n) is 3.68. The second kappa shape index (κ2) is 9.22. The first-order valence-corrected chi connectivity index (χ1v) is 10.3. The van der Waals surface area contributed by atoms with Crippen molar-refractivity contribution < 1.29 is 9.53 Å². The van der Waals surface area contributed by atoms with Gasteiger partial charge in [0.15, 0.2) is 0 Å². The summed E-state index contributed by atoms with van der Waals surface area (Å²) in [6, 6.07) is 10.4. The molecule has 4 rings (SSSR count). The molecule has 1 saturated heterocycles. The quantitative estimate of drug-likeness (QED) is 0.631. The van der Waals surface area contributed by atoms with E-state index in [2.05, 4.69) is 30.6 Å². The van der Waals surface area contributed by atoms with Crippen molar-refractivity contribution in [3.05, 3.63) is 59.6 Å². The van der Waals surface area contributed by atoms with Gasteiger partial charge in [-0.3, -0.25) is 9.67 Å². The minimum Gasteiger partial charge on any atom is -0.495 e. The van der Waals surface area contributed by atoms with Crippen LogP contribution in [-0.4, -0.2) is 52.0 Å². The van der Waals surface area contributed by atoms with Crippen molar-refractivity contribution in [1.29, 1.82) is 0 Å². The molecule has 0 aliphatic carbocycles. The van der Waals surface area contributed by atoms with E-state index in [1.807, 2.05) is 19.2 Å². The topological polar surface area (TPSA) is 97.2 Å². The van der Waals surface area contributed by atoms with Gasteiger partial charge in [0.05, 0.1) is 13.3 Å². The van der Waals surface area contributed by atoms with Gasteiger partial charge in [-0.25, -0.2) is 9.78 Å². The van der Waals surface area contributed by atoms with Crippen LogP contribution < -0.4 is 20.3 Å². The van der Waals surface area contributed by atoms with E-state index in [0.29, 0.717) is 29.0 Å². The molecule has 10 heteroatoms. The average molecular weight is 442 g/mol. The molecule has 0 radical (unpaired) electrons. The standard InChI is InChI=1S/C21H24ClN7O2/c1-28-13-24-20(27-28)29-10-9-19(17(12-29)18-8-7-16(31-2)11-23-18)26-21(30)25-15-5-3-14(22)4-6-15/h3-8,11,13,17,19H,9-10,12H2,1-2H3,(H2,25,26,30). The molecule has 0 saturated carbocycles. The number of carbonyl (C=O) groups is 1. The number of urea groups is 1. The number of nitrogens with one attached hydrogen (secondary N) is 2. The zero-order chi connectivity index (χ0) is 21.8. The van der Waals surface area contributed by atoms with Crippen molar-refractivity contribution >= 4 is 29.3 Å². The number of piperidine rings is 1. The van der Waals surface area contributed by atoms with E-state index in [1.165, 1.54) is 0 Å². The number of carbonyl (C=O) groups excluding carboxylic acids is 1. The van der Waals surface area contributed by atoms with Gasteiger partial charge in [-0.2, -0.15) is 0 Å². The Morgan fingerprint density at radius 3 is 2.65 bits per heavy atom. The van der Waals surface area contributed by atoms with Crippen LogP contribution in [0.1, 0.15) is 18.0 Å². The molecule has 1 aliphatic heterocycles. The number of hydrogen-bond acceptors (Lipinski definition) is 6. The van der Waals surface area contributed by atoms with Crippen LogP contribution in [-0.2, 0) is 7.05 Å². The first kappa shape index (κ1) is 20.9. The lowest BCUT2D eigenvalue weighted by molar-refractivity contribution is 0.243. The first-order chi connectivity index (χ1) is 15.0. The van der Waals surface area contributed by atoms with E-state index >= 15 is 0 Å². The van der Waals surface area contributed by atoms with Crippen LogP contribution in [0.25, 0.3) is 0 Å². The Morgan fingerprint density at radius 1 is 1.19 bits per heavy atom. The summed E-state index contributed by atoms with van der Waals surface area (Å²) in [4.78, 5) is 23.7. The molecule has 2 N–H and O–H groups in total. The summed E-state index contributed by atoms with van der Waals surface area (Å²) < 4.78 is 6.91. The van der Waals surface area contributed by atoms with E-state index in [1.54, 1.807) is 48.6 Å². The summed E-state index contributed by atoms with van der Waals surface area (Å²) >= 11 is 5.92. The molecule has 9 nitrogen and oxygen atoms in total. The maximum absolute atomic E-state index is 12.7. The first-order valence-electron chi connectivity index (χ1n) is 9.95. The smallest absolute Gasteiger partial charge is 0.319 e. The fourth-order valence-corrected chi connectivity index (χ4v) is 3.81. The van der Waals surface area contributed by atoms with Gasteiger partial charge in [-0.05, 0) is 42.8 Å². The Balaban J connectivity index is 1.51. The number of methoxy groups -OCH3 is 1. The van der Waals surface area contributed by atoms with E-state index in [4.69, 9.17) is 16.3 Å². The van der Waals surface area contributed by atoms with Crippen LogP contribution in [0.5, 0.6) is 5.75 Å². The average Bonchev–Trinajstić information content (AvgIpc) is 3.22. The van der Waals surface area contributed by atoms with Gasteiger partial charge in [0.25, 0.3) is 0 Å². The van der Waals surface area contributed by atoms with Crippen LogP contribution >= 0.6 is 11.6 Å². The highest BCUT2D eigenvalue weighted by atomic mass is 35.5. The van der Waals surface area contributed by atoms with Crippen molar-refractivity contribution in [2.24, 2.45) is 7.05 Å². The van der Waals surface area contributed by atoms with E-state index in [-0.39, 0.29) is 18.0 Å². The molecule has 2 unspecified atom stereocenters. The van der Waals surface area contributed by atoms with Gasteiger partial charge in [0, 0.05) is 48.5 Å². The Kier molecular flexibility index (Phi) is 6.22. The molecule has 3 aromatic rings.